The Labute approximate surface area is 138 Å². The fourth-order valence-electron chi connectivity index (χ4n) is 2.12. The van der Waals surface area contributed by atoms with E-state index in [1.807, 2.05) is 31.2 Å². The summed E-state index contributed by atoms with van der Waals surface area (Å²) in [7, 11) is 1.32. The van der Waals surface area contributed by atoms with Crippen LogP contribution in [0.3, 0.4) is 0 Å². The van der Waals surface area contributed by atoms with Crippen LogP contribution in [0, 0.1) is 6.92 Å². The van der Waals surface area contributed by atoms with E-state index in [4.69, 9.17) is 5.73 Å². The summed E-state index contributed by atoms with van der Waals surface area (Å²) < 4.78 is 7.75. The lowest BCUT2D eigenvalue weighted by atomic mass is 10.2. The second-order valence-corrected chi connectivity index (χ2v) is 5.06. The third-order valence-corrected chi connectivity index (χ3v) is 3.31. The molecule has 122 valence electrons. The van der Waals surface area contributed by atoms with Crippen LogP contribution in [0.25, 0.3) is 5.69 Å². The van der Waals surface area contributed by atoms with Crippen LogP contribution in [0.15, 0.2) is 47.8 Å². The minimum atomic E-state index is -0.467. The molecule has 8 heteroatoms. The summed E-state index contributed by atoms with van der Waals surface area (Å²) in [6.45, 7) is 1.85. The minimum absolute atomic E-state index is 0.258. The first kappa shape index (κ1) is 15.5. The maximum atomic E-state index is 11.4. The SMILES string of the molecule is COC(=O)c1ccn(-c2ccc(C=Nn3cc(C)nc3N)cc2)n1. The highest BCUT2D eigenvalue weighted by Crippen LogP contribution is 2.10. The standard InChI is InChI=1S/C16H16N6O2/c1-11-10-22(16(17)19-11)18-9-12-3-5-13(6-4-12)21-8-7-14(20-21)15(23)24-2/h3-10H,1-2H3,(H2,17,19). The zero-order chi connectivity index (χ0) is 17.1. The van der Waals surface area contributed by atoms with Crippen molar-refractivity contribution in [3.63, 3.8) is 0 Å². The minimum Gasteiger partial charge on any atom is -0.464 e. The monoisotopic (exact) mass is 324 g/mol. The van der Waals surface area contributed by atoms with Gasteiger partial charge in [-0.15, -0.1) is 0 Å². The number of benzene rings is 1. The molecule has 0 radical (unpaired) electrons. The number of aromatic nitrogens is 4. The highest BCUT2D eigenvalue weighted by Gasteiger charge is 2.09. The third kappa shape index (κ3) is 3.17. The molecule has 0 aliphatic rings. The van der Waals surface area contributed by atoms with Crippen LogP contribution in [0.4, 0.5) is 5.95 Å². The number of rotatable bonds is 4. The Balaban J connectivity index is 1.77. The van der Waals surface area contributed by atoms with Gasteiger partial charge in [-0.1, -0.05) is 12.1 Å². The summed E-state index contributed by atoms with van der Waals surface area (Å²) in [4.78, 5) is 15.5. The van der Waals surface area contributed by atoms with Crippen molar-refractivity contribution in [3.05, 3.63) is 59.7 Å². The van der Waals surface area contributed by atoms with Gasteiger partial charge in [-0.2, -0.15) is 10.2 Å². The van der Waals surface area contributed by atoms with E-state index in [-0.39, 0.29) is 5.69 Å². The Morgan fingerprint density at radius 1 is 1.29 bits per heavy atom. The van der Waals surface area contributed by atoms with Crippen LogP contribution in [0.5, 0.6) is 0 Å². The molecule has 0 saturated carbocycles. The van der Waals surface area contributed by atoms with Gasteiger partial charge in [0.15, 0.2) is 5.69 Å². The van der Waals surface area contributed by atoms with E-state index in [9.17, 15) is 4.79 Å². The van der Waals surface area contributed by atoms with Crippen LogP contribution in [0.2, 0.25) is 0 Å². The summed E-state index contributed by atoms with van der Waals surface area (Å²) in [6.07, 6.45) is 5.13. The Bertz CT molecular complexity index is 892. The van der Waals surface area contributed by atoms with Gasteiger partial charge >= 0.3 is 5.97 Å². The fourth-order valence-corrected chi connectivity index (χ4v) is 2.12. The Hall–Kier alpha value is -3.42. The molecule has 24 heavy (non-hydrogen) atoms. The molecule has 0 amide bonds. The van der Waals surface area contributed by atoms with Crippen molar-refractivity contribution in [2.75, 3.05) is 12.8 Å². The number of imidazole rings is 1. The van der Waals surface area contributed by atoms with Crippen LogP contribution >= 0.6 is 0 Å². The van der Waals surface area contributed by atoms with Gasteiger partial charge < -0.3 is 10.5 Å². The number of ether oxygens (including phenoxy) is 1. The topological polar surface area (TPSA) is 100 Å². The van der Waals surface area contributed by atoms with Crippen molar-refractivity contribution >= 4 is 18.1 Å². The number of aryl methyl sites for hydroxylation is 1. The van der Waals surface area contributed by atoms with E-state index >= 15 is 0 Å². The van der Waals surface area contributed by atoms with Gasteiger partial charge in [0, 0.05) is 6.20 Å². The lowest BCUT2D eigenvalue weighted by molar-refractivity contribution is 0.0593. The first-order valence-electron chi connectivity index (χ1n) is 7.17. The van der Waals surface area contributed by atoms with Crippen molar-refractivity contribution in [3.8, 4) is 5.69 Å². The molecule has 8 nitrogen and oxygen atoms in total. The summed E-state index contributed by atoms with van der Waals surface area (Å²) in [5, 5.41) is 8.43. The van der Waals surface area contributed by atoms with Crippen LogP contribution < -0.4 is 5.73 Å². The second-order valence-electron chi connectivity index (χ2n) is 5.06. The highest BCUT2D eigenvalue weighted by molar-refractivity contribution is 5.87. The van der Waals surface area contributed by atoms with Crippen molar-refractivity contribution in [1.29, 1.82) is 0 Å². The molecule has 1 aromatic carbocycles. The average molecular weight is 324 g/mol. The lowest BCUT2D eigenvalue weighted by Crippen LogP contribution is -2.04. The number of hydrogen-bond donors (Lipinski definition) is 1. The zero-order valence-corrected chi connectivity index (χ0v) is 13.2. The fraction of sp³-hybridized carbons (Fsp3) is 0.125. The number of carbonyl (C=O) groups excluding carboxylic acids is 1. The first-order valence-corrected chi connectivity index (χ1v) is 7.17. The lowest BCUT2D eigenvalue weighted by Gasteiger charge is -2.02. The summed E-state index contributed by atoms with van der Waals surface area (Å²) in [5.74, 6) is -0.127. The molecular weight excluding hydrogens is 308 g/mol. The van der Waals surface area contributed by atoms with E-state index in [1.54, 1.807) is 29.4 Å². The van der Waals surface area contributed by atoms with Crippen LogP contribution in [-0.2, 0) is 4.74 Å². The van der Waals surface area contributed by atoms with Gasteiger partial charge in [0.2, 0.25) is 5.95 Å². The number of methoxy groups -OCH3 is 1. The maximum absolute atomic E-state index is 11.4. The number of carbonyl (C=O) groups is 1. The predicted molar refractivity (Wildman–Crippen MR) is 89.3 cm³/mol. The van der Waals surface area contributed by atoms with Crippen molar-refractivity contribution < 1.29 is 9.53 Å². The molecule has 0 aliphatic carbocycles. The first-order chi connectivity index (χ1) is 11.6. The molecule has 2 aromatic heterocycles. The quantitative estimate of drug-likeness (QED) is 0.580. The summed E-state index contributed by atoms with van der Waals surface area (Å²) in [5.41, 5.74) is 8.51. The van der Waals surface area contributed by atoms with Crippen LogP contribution in [0.1, 0.15) is 21.7 Å². The number of hydrogen-bond acceptors (Lipinski definition) is 6. The number of nitrogens with two attached hydrogens (primary N) is 1. The molecule has 3 rings (SSSR count). The van der Waals surface area contributed by atoms with Crippen LogP contribution in [-0.4, -0.2) is 38.7 Å². The smallest absolute Gasteiger partial charge is 0.358 e. The average Bonchev–Trinajstić information content (AvgIpc) is 3.19. The van der Waals surface area contributed by atoms with Gasteiger partial charge in [0.1, 0.15) is 0 Å². The van der Waals surface area contributed by atoms with Gasteiger partial charge in [-0.3, -0.25) is 0 Å². The van der Waals surface area contributed by atoms with E-state index in [1.165, 1.54) is 11.8 Å². The molecular formula is C16H16N6O2. The Morgan fingerprint density at radius 3 is 2.67 bits per heavy atom. The molecule has 0 unspecified atom stereocenters. The van der Waals surface area contributed by atoms with Gasteiger partial charge in [0.05, 0.1) is 30.9 Å². The van der Waals surface area contributed by atoms with Crippen molar-refractivity contribution in [2.45, 2.75) is 6.92 Å². The normalized spacial score (nSPS) is 11.1. The zero-order valence-electron chi connectivity index (χ0n) is 13.2. The molecule has 3 aromatic rings. The molecule has 0 atom stereocenters. The highest BCUT2D eigenvalue weighted by atomic mass is 16.5. The third-order valence-electron chi connectivity index (χ3n) is 3.31. The van der Waals surface area contributed by atoms with E-state index in [0.717, 1.165) is 16.9 Å². The molecule has 0 saturated heterocycles. The van der Waals surface area contributed by atoms with E-state index in [0.29, 0.717) is 5.95 Å². The van der Waals surface area contributed by atoms with Crippen molar-refractivity contribution in [1.82, 2.24) is 19.4 Å². The largest absolute Gasteiger partial charge is 0.464 e. The van der Waals surface area contributed by atoms with Gasteiger partial charge in [0.25, 0.3) is 0 Å². The number of esters is 1. The maximum Gasteiger partial charge on any atom is 0.358 e. The number of nitrogen functional groups attached to an aromatic ring is 1. The molecule has 2 N–H and O–H groups in total. The number of anilines is 1. The molecule has 0 fully saturated rings. The Kier molecular flexibility index (Phi) is 4.11. The van der Waals surface area contributed by atoms with Gasteiger partial charge in [-0.05, 0) is 30.7 Å². The molecule has 0 aliphatic heterocycles. The summed E-state index contributed by atoms with van der Waals surface area (Å²) in [6, 6.07) is 9.12. The van der Waals surface area contributed by atoms with E-state index in [2.05, 4.69) is 19.9 Å². The molecule has 0 spiro atoms. The second kappa shape index (κ2) is 6.37. The number of nitrogens with zero attached hydrogens (tertiary/aromatic N) is 5. The molecule has 0 bridgehead atoms. The molecule has 2 heterocycles. The van der Waals surface area contributed by atoms with E-state index < -0.39 is 5.97 Å². The predicted octanol–water partition coefficient (Wildman–Crippen LogP) is 1.63. The Morgan fingerprint density at radius 2 is 2.04 bits per heavy atom. The van der Waals surface area contributed by atoms with Gasteiger partial charge in [-0.25, -0.2) is 19.1 Å². The summed E-state index contributed by atoms with van der Waals surface area (Å²) >= 11 is 0. The van der Waals surface area contributed by atoms with Crippen molar-refractivity contribution in [2.24, 2.45) is 5.10 Å².